The van der Waals surface area contributed by atoms with Crippen molar-refractivity contribution in [1.29, 1.82) is 0 Å². The number of aryl methyl sites for hydroxylation is 1. The van der Waals surface area contributed by atoms with Gasteiger partial charge >= 0.3 is 29.8 Å². The molecule has 2 aliphatic heterocycles. The lowest BCUT2D eigenvalue weighted by molar-refractivity contribution is -0.203. The van der Waals surface area contributed by atoms with Crippen molar-refractivity contribution in [2.45, 2.75) is 32.5 Å². The van der Waals surface area contributed by atoms with Gasteiger partial charge in [0.15, 0.2) is 0 Å². The number of hydrogen-bond acceptors (Lipinski definition) is 9. The van der Waals surface area contributed by atoms with Gasteiger partial charge in [0, 0.05) is 31.4 Å². The molecule has 0 aliphatic carbocycles. The summed E-state index contributed by atoms with van der Waals surface area (Å²) in [6, 6.07) is 12.7. The first-order valence-corrected chi connectivity index (χ1v) is 13.4. The van der Waals surface area contributed by atoms with Crippen LogP contribution in [-0.2, 0) is 32.1 Å². The molecule has 223 valence electrons. The van der Waals surface area contributed by atoms with Gasteiger partial charge in [-0.15, -0.1) is 0 Å². The van der Waals surface area contributed by atoms with E-state index in [9.17, 15) is 32.3 Å². The number of aliphatic imine (C=N–C) groups is 1. The number of halogens is 3. The Labute approximate surface area is 243 Å². The Hall–Kier alpha value is -5.01. The van der Waals surface area contributed by atoms with Crippen LogP contribution < -0.4 is 26.2 Å². The molecule has 0 bridgehead atoms. The molecular formula is C29H27F3N6O5+. The molecule has 2 N–H and O–H groups in total. The number of carbonyl (C=O) groups excluding carboxylic acids is 3. The number of benzene rings is 2. The van der Waals surface area contributed by atoms with E-state index < -0.39 is 29.7 Å². The van der Waals surface area contributed by atoms with Crippen molar-refractivity contribution in [3.63, 3.8) is 0 Å². The van der Waals surface area contributed by atoms with E-state index in [-0.39, 0.29) is 24.8 Å². The molecule has 1 radical (unpaired) electrons. The highest BCUT2D eigenvalue weighted by molar-refractivity contribution is 5.99. The molecule has 2 unspecified atom stereocenters. The lowest BCUT2D eigenvalue weighted by Gasteiger charge is -2.21. The lowest BCUT2D eigenvalue weighted by atomic mass is 9.97. The Morgan fingerprint density at radius 2 is 1.95 bits per heavy atom. The highest BCUT2D eigenvalue weighted by atomic mass is 19.4. The maximum atomic E-state index is 13.1. The van der Waals surface area contributed by atoms with E-state index in [1.165, 1.54) is 12.4 Å². The van der Waals surface area contributed by atoms with Crippen molar-refractivity contribution < 1.29 is 32.3 Å². The predicted octanol–water partition coefficient (Wildman–Crippen LogP) is 1.90. The van der Waals surface area contributed by atoms with Gasteiger partial charge < -0.3 is 9.64 Å². The Balaban J connectivity index is 1.34. The first-order valence-electron chi connectivity index (χ1n) is 13.4. The summed E-state index contributed by atoms with van der Waals surface area (Å²) in [5, 5.41) is 7.27. The van der Waals surface area contributed by atoms with Crippen LogP contribution in [0.15, 0.2) is 65.9 Å². The van der Waals surface area contributed by atoms with Gasteiger partial charge in [0.1, 0.15) is 12.0 Å². The lowest BCUT2D eigenvalue weighted by Crippen LogP contribution is -2.43. The molecule has 0 saturated carbocycles. The Bertz CT molecular complexity index is 1700. The van der Waals surface area contributed by atoms with Crippen molar-refractivity contribution >= 4 is 40.4 Å². The number of ether oxygens (including phenoxy) is 1. The summed E-state index contributed by atoms with van der Waals surface area (Å²) < 4.78 is 43.8. The summed E-state index contributed by atoms with van der Waals surface area (Å²) >= 11 is 0. The molecule has 3 aromatic rings. The number of fused-ring (bicyclic) bond motifs is 1. The molecule has 1 saturated heterocycles. The normalized spacial score (nSPS) is 17.0. The zero-order valence-corrected chi connectivity index (χ0v) is 22.9. The first-order chi connectivity index (χ1) is 20.5. The number of aromatic nitrogens is 2. The largest absolute Gasteiger partial charge is 0.491 e. The van der Waals surface area contributed by atoms with Gasteiger partial charge in [0.25, 0.3) is 5.91 Å². The third kappa shape index (κ3) is 6.90. The average molecular weight is 597 g/mol. The van der Waals surface area contributed by atoms with E-state index in [1.54, 1.807) is 36.2 Å². The molecule has 1 aromatic heterocycles. The summed E-state index contributed by atoms with van der Waals surface area (Å²) in [6.07, 6.45) is -0.391. The summed E-state index contributed by atoms with van der Waals surface area (Å²) in [5.41, 5.74) is 0.406. The van der Waals surface area contributed by atoms with E-state index in [0.717, 1.165) is 15.3 Å². The van der Waals surface area contributed by atoms with Gasteiger partial charge in [-0.1, -0.05) is 47.5 Å². The average Bonchev–Trinajstić information content (AvgIpc) is 3.66. The topological polar surface area (TPSA) is 137 Å². The van der Waals surface area contributed by atoms with Gasteiger partial charge in [-0.25, -0.2) is 20.2 Å². The minimum absolute atomic E-state index is 0.0966. The minimum Gasteiger partial charge on any atom is -0.386 e. The van der Waals surface area contributed by atoms with E-state index >= 15 is 0 Å². The molecular weight excluding hydrogens is 569 g/mol. The summed E-state index contributed by atoms with van der Waals surface area (Å²) in [7, 11) is 0. The number of anilines is 1. The van der Waals surface area contributed by atoms with Crippen LogP contribution in [0, 0.1) is 18.8 Å². The maximum absolute atomic E-state index is 13.1. The number of carbonyl (C=O) groups is 3. The van der Waals surface area contributed by atoms with Gasteiger partial charge in [0.05, 0.1) is 18.0 Å². The van der Waals surface area contributed by atoms with Crippen LogP contribution in [-0.4, -0.2) is 52.6 Å². The molecule has 1 amide bonds. The summed E-state index contributed by atoms with van der Waals surface area (Å²) in [4.78, 5) is 59.9. The number of guanidine groups is 1. The standard InChI is InChI=1S/C29H27F3N6O5/c1-17-14-38(28(42)35-23(17)37-11-8-21(15-37)24(39)36-27-33-9-10-34-27)16-22(25(40)43-26(41)29(30,31)32)13-18-6-7-19-4-2-3-5-20(19)12-18/h2-7,9-10,12,14,21-22,33H,8,11,13,15-16H2,1H3,(H,36,39)/q+1. The van der Waals surface area contributed by atoms with Crippen molar-refractivity contribution in [1.82, 2.24) is 25.2 Å². The molecule has 43 heavy (non-hydrogen) atoms. The SMILES string of the molecule is Cc1cn(CC(Cc2ccc3ccccc3c2)C(=O)OC(=O)C(F)(F)F)c(=O)nc1N1CCC(C(=O)NC2=[N+]C=CN2)C1. The third-order valence-corrected chi connectivity index (χ3v) is 7.22. The molecule has 14 heteroatoms. The zero-order valence-electron chi connectivity index (χ0n) is 22.9. The van der Waals surface area contributed by atoms with Gasteiger partial charge in [-0.2, -0.15) is 18.2 Å². The maximum Gasteiger partial charge on any atom is 0.491 e. The van der Waals surface area contributed by atoms with Crippen LogP contribution in [0.2, 0.25) is 0 Å². The van der Waals surface area contributed by atoms with Crippen molar-refractivity contribution in [2.24, 2.45) is 11.8 Å². The molecule has 11 nitrogen and oxygen atoms in total. The summed E-state index contributed by atoms with van der Waals surface area (Å²) in [5.74, 6) is -5.26. The fraction of sp³-hybridized carbons (Fsp3) is 0.310. The highest BCUT2D eigenvalue weighted by Crippen LogP contribution is 2.25. The Kier molecular flexibility index (Phi) is 8.28. The number of amides is 1. The number of rotatable bonds is 7. The second-order valence-electron chi connectivity index (χ2n) is 10.3. The van der Waals surface area contributed by atoms with Crippen molar-refractivity contribution in [3.8, 4) is 0 Å². The van der Waals surface area contributed by atoms with Crippen molar-refractivity contribution in [2.75, 3.05) is 18.0 Å². The van der Waals surface area contributed by atoms with Crippen LogP contribution in [0.25, 0.3) is 10.8 Å². The minimum atomic E-state index is -5.36. The second kappa shape index (κ2) is 12.1. The highest BCUT2D eigenvalue weighted by Gasteiger charge is 2.43. The first kappa shape index (κ1) is 29.5. The molecule has 2 aliphatic rings. The van der Waals surface area contributed by atoms with Gasteiger partial charge in [0.2, 0.25) is 0 Å². The van der Waals surface area contributed by atoms with Crippen LogP contribution in [0.4, 0.5) is 19.0 Å². The number of hydrogen-bond donors (Lipinski definition) is 2. The quantitative estimate of drug-likeness (QED) is 0.312. The number of esters is 2. The number of alkyl halides is 3. The molecule has 5 rings (SSSR count). The van der Waals surface area contributed by atoms with E-state index in [4.69, 9.17) is 0 Å². The fourth-order valence-corrected chi connectivity index (χ4v) is 5.10. The van der Waals surface area contributed by atoms with Crippen molar-refractivity contribution in [3.05, 3.63) is 82.7 Å². The van der Waals surface area contributed by atoms with Crippen LogP contribution in [0.5, 0.6) is 0 Å². The molecule has 1 fully saturated rings. The van der Waals surface area contributed by atoms with Crippen LogP contribution in [0.1, 0.15) is 17.5 Å². The van der Waals surface area contributed by atoms with Gasteiger partial charge in [-0.3, -0.25) is 14.2 Å². The Morgan fingerprint density at radius 3 is 2.67 bits per heavy atom. The predicted molar refractivity (Wildman–Crippen MR) is 149 cm³/mol. The number of nitrogens with one attached hydrogen (secondary N) is 2. The fourth-order valence-electron chi connectivity index (χ4n) is 5.10. The van der Waals surface area contributed by atoms with E-state index in [1.807, 2.05) is 24.3 Å². The monoisotopic (exact) mass is 596 g/mol. The molecule has 2 aromatic carbocycles. The van der Waals surface area contributed by atoms with Crippen LogP contribution in [0.3, 0.4) is 0 Å². The van der Waals surface area contributed by atoms with E-state index in [0.29, 0.717) is 42.4 Å². The van der Waals surface area contributed by atoms with E-state index in [2.05, 4.69) is 25.3 Å². The molecule has 3 heterocycles. The summed E-state index contributed by atoms with van der Waals surface area (Å²) in [6.45, 7) is 2.08. The smallest absolute Gasteiger partial charge is 0.386 e. The molecule has 0 spiro atoms. The third-order valence-electron chi connectivity index (χ3n) is 7.22. The van der Waals surface area contributed by atoms with Gasteiger partial charge in [-0.05, 0) is 36.1 Å². The second-order valence-corrected chi connectivity index (χ2v) is 10.3. The zero-order chi connectivity index (χ0) is 30.7. The van der Waals surface area contributed by atoms with Crippen LogP contribution >= 0.6 is 0 Å². The molecule has 2 atom stereocenters. The number of nitrogens with zero attached hydrogens (tertiary/aromatic N) is 4. The Morgan fingerprint density at radius 1 is 1.19 bits per heavy atom.